The summed E-state index contributed by atoms with van der Waals surface area (Å²) >= 11 is 2.99. The van der Waals surface area contributed by atoms with Crippen LogP contribution in [0.1, 0.15) is 0 Å². The fourth-order valence-electron chi connectivity index (χ4n) is 1.47. The quantitative estimate of drug-likeness (QED) is 0.284. The smallest absolute Gasteiger partial charge is 0.406 e. The lowest BCUT2D eigenvalue weighted by Gasteiger charge is -2.10. The van der Waals surface area contributed by atoms with Crippen molar-refractivity contribution in [3.8, 4) is 5.75 Å². The van der Waals surface area contributed by atoms with Crippen molar-refractivity contribution in [2.75, 3.05) is 18.4 Å². The Bertz CT molecular complexity index is 652. The van der Waals surface area contributed by atoms with Gasteiger partial charge in [-0.05, 0) is 52.5 Å². The number of guanidine groups is 1. The van der Waals surface area contributed by atoms with Crippen molar-refractivity contribution in [2.24, 2.45) is 26.4 Å². The molecule has 0 radical (unpaired) electrons. The predicted molar refractivity (Wildman–Crippen MR) is 96.3 cm³/mol. The second kappa shape index (κ2) is 10.3. The molecule has 0 aromatic heterocycles. The van der Waals surface area contributed by atoms with Crippen LogP contribution in [0.3, 0.4) is 0 Å². The number of halogens is 4. The van der Waals surface area contributed by atoms with E-state index in [0.29, 0.717) is 18.8 Å². The zero-order valence-corrected chi connectivity index (χ0v) is 14.5. The van der Waals surface area contributed by atoms with Crippen LogP contribution >= 0.6 is 15.9 Å². The van der Waals surface area contributed by atoms with E-state index < -0.39 is 6.36 Å². The average molecular weight is 421 g/mol. The fourth-order valence-corrected chi connectivity index (χ4v) is 1.64. The van der Waals surface area contributed by atoms with Gasteiger partial charge in [0.1, 0.15) is 5.75 Å². The minimum atomic E-state index is -4.74. The Balaban J connectivity index is 2.73. The summed E-state index contributed by atoms with van der Waals surface area (Å²) in [4.78, 5) is 12.1. The van der Waals surface area contributed by atoms with E-state index in [-0.39, 0.29) is 16.5 Å². The molecule has 25 heavy (non-hydrogen) atoms. The topological polar surface area (TPSA) is 110 Å². The van der Waals surface area contributed by atoms with Crippen molar-refractivity contribution in [1.29, 1.82) is 0 Å². The van der Waals surface area contributed by atoms with Gasteiger partial charge in [-0.25, -0.2) is 4.99 Å². The molecular weight excluding hydrogens is 405 g/mol. The van der Waals surface area contributed by atoms with Crippen LogP contribution in [0.5, 0.6) is 5.75 Å². The molecule has 0 saturated carbocycles. The highest BCUT2D eigenvalue weighted by atomic mass is 79.9. The number of anilines is 1. The molecule has 0 heterocycles. The predicted octanol–water partition coefficient (Wildman–Crippen LogP) is 2.61. The summed E-state index contributed by atoms with van der Waals surface area (Å²) < 4.78 is 40.3. The molecule has 136 valence electrons. The maximum absolute atomic E-state index is 12.1. The van der Waals surface area contributed by atoms with Gasteiger partial charge in [0.2, 0.25) is 5.96 Å². The summed E-state index contributed by atoms with van der Waals surface area (Å²) in [5, 5.41) is 2.83. The summed E-state index contributed by atoms with van der Waals surface area (Å²) in [5.41, 5.74) is 11.1. The summed E-state index contributed by atoms with van der Waals surface area (Å²) in [6.07, 6.45) is -0.288. The molecule has 0 aliphatic rings. The van der Waals surface area contributed by atoms with E-state index in [1.807, 2.05) is 0 Å². The lowest BCUT2D eigenvalue weighted by atomic mass is 10.3. The van der Waals surface area contributed by atoms with Crippen LogP contribution in [0.2, 0.25) is 0 Å². The molecule has 1 aromatic carbocycles. The van der Waals surface area contributed by atoms with E-state index in [0.717, 1.165) is 12.1 Å². The molecule has 1 rings (SSSR count). The summed E-state index contributed by atoms with van der Waals surface area (Å²) in [6, 6.07) is 5.11. The lowest BCUT2D eigenvalue weighted by Crippen LogP contribution is -2.17. The van der Waals surface area contributed by atoms with Crippen molar-refractivity contribution in [2.45, 2.75) is 6.36 Å². The van der Waals surface area contributed by atoms with Gasteiger partial charge in [0.25, 0.3) is 0 Å². The third-order valence-electron chi connectivity index (χ3n) is 2.35. The summed E-state index contributed by atoms with van der Waals surface area (Å²) in [6.45, 7) is 0.710. The number of nitrogens with one attached hydrogen (secondary N) is 1. The number of hydrogen-bond donors (Lipinski definition) is 3. The van der Waals surface area contributed by atoms with Crippen LogP contribution in [0.4, 0.5) is 18.9 Å². The second-order valence-electron chi connectivity index (χ2n) is 4.28. The maximum Gasteiger partial charge on any atom is 0.573 e. The van der Waals surface area contributed by atoms with Crippen LogP contribution in [0, 0.1) is 0 Å². The second-order valence-corrected chi connectivity index (χ2v) is 5.09. The summed E-state index contributed by atoms with van der Waals surface area (Å²) in [5.74, 6) is -0.161. The SMILES string of the molecule is N/C=C\C=NCCN=C(/N=C(\N)Br)Nc1ccc(OC(F)(F)F)cc1. The highest BCUT2D eigenvalue weighted by Gasteiger charge is 2.30. The van der Waals surface area contributed by atoms with Gasteiger partial charge < -0.3 is 21.5 Å². The van der Waals surface area contributed by atoms with Gasteiger partial charge in [0, 0.05) is 11.9 Å². The van der Waals surface area contributed by atoms with Gasteiger partial charge in [-0.15, -0.1) is 13.2 Å². The zero-order chi connectivity index (χ0) is 18.7. The Kier molecular flexibility index (Phi) is 8.47. The number of amidine groups is 1. The van der Waals surface area contributed by atoms with Crippen LogP contribution in [-0.2, 0) is 0 Å². The standard InChI is InChI=1S/C14H16BrF3N6O/c15-12(20)24-13(22-9-8-21-7-1-6-19)23-10-2-4-11(5-3-10)25-14(16,17)18/h1-7H,8-9,19H2,(H3,20,22,23,24)/b6-1-,21-7?. The van der Waals surface area contributed by atoms with Crippen LogP contribution in [-0.4, -0.2) is 36.4 Å². The van der Waals surface area contributed by atoms with Crippen molar-refractivity contribution >= 4 is 38.5 Å². The van der Waals surface area contributed by atoms with Crippen molar-refractivity contribution in [3.63, 3.8) is 0 Å². The van der Waals surface area contributed by atoms with E-state index >= 15 is 0 Å². The number of hydrogen-bond acceptors (Lipinski definition) is 4. The van der Waals surface area contributed by atoms with E-state index in [1.165, 1.54) is 24.5 Å². The third kappa shape index (κ3) is 10.0. The largest absolute Gasteiger partial charge is 0.573 e. The number of ether oxygens (including phenoxy) is 1. The van der Waals surface area contributed by atoms with Crippen molar-refractivity contribution < 1.29 is 17.9 Å². The first-order chi connectivity index (χ1) is 11.8. The number of nitrogens with two attached hydrogens (primary N) is 2. The molecule has 0 atom stereocenters. The van der Waals surface area contributed by atoms with Gasteiger partial charge >= 0.3 is 6.36 Å². The first-order valence-electron chi connectivity index (χ1n) is 6.84. The number of nitrogens with zero attached hydrogens (tertiary/aromatic N) is 3. The Morgan fingerprint density at radius 2 is 1.92 bits per heavy atom. The van der Waals surface area contributed by atoms with Gasteiger partial charge in [-0.3, -0.25) is 4.99 Å². The highest BCUT2D eigenvalue weighted by Crippen LogP contribution is 2.23. The van der Waals surface area contributed by atoms with Gasteiger partial charge in [-0.2, -0.15) is 4.99 Å². The molecule has 0 fully saturated rings. The fraction of sp³-hybridized carbons (Fsp3) is 0.214. The van der Waals surface area contributed by atoms with Gasteiger partial charge in [0.05, 0.1) is 13.1 Å². The molecule has 0 bridgehead atoms. The van der Waals surface area contributed by atoms with E-state index in [9.17, 15) is 13.2 Å². The molecule has 0 aliphatic heterocycles. The molecule has 0 aliphatic carbocycles. The molecular formula is C14H16BrF3N6O. The Morgan fingerprint density at radius 3 is 2.48 bits per heavy atom. The van der Waals surface area contributed by atoms with E-state index in [2.05, 4.69) is 41.0 Å². The Labute approximate surface area is 150 Å². The first-order valence-corrected chi connectivity index (χ1v) is 7.63. The minimum Gasteiger partial charge on any atom is -0.406 e. The number of benzene rings is 1. The Morgan fingerprint density at radius 1 is 1.24 bits per heavy atom. The molecule has 0 saturated heterocycles. The van der Waals surface area contributed by atoms with Crippen LogP contribution < -0.4 is 21.5 Å². The Hall–Kier alpha value is -2.56. The van der Waals surface area contributed by atoms with Gasteiger partial charge in [-0.1, -0.05) is 0 Å². The summed E-state index contributed by atoms with van der Waals surface area (Å²) in [7, 11) is 0. The number of rotatable bonds is 6. The molecule has 0 amide bonds. The van der Waals surface area contributed by atoms with Crippen LogP contribution in [0.15, 0.2) is 51.5 Å². The molecule has 1 aromatic rings. The molecule has 11 heteroatoms. The molecule has 5 N–H and O–H groups in total. The average Bonchev–Trinajstić information content (AvgIpc) is 2.50. The first kappa shape index (κ1) is 20.5. The lowest BCUT2D eigenvalue weighted by molar-refractivity contribution is -0.274. The van der Waals surface area contributed by atoms with Crippen molar-refractivity contribution in [1.82, 2.24) is 0 Å². The number of aliphatic imine (C=N–C) groups is 3. The van der Waals surface area contributed by atoms with E-state index in [1.54, 1.807) is 6.08 Å². The monoisotopic (exact) mass is 420 g/mol. The normalized spacial score (nSPS) is 13.6. The van der Waals surface area contributed by atoms with Gasteiger partial charge in [0.15, 0.2) is 4.74 Å². The van der Waals surface area contributed by atoms with Crippen LogP contribution in [0.25, 0.3) is 0 Å². The highest BCUT2D eigenvalue weighted by molar-refractivity contribution is 9.18. The number of alkyl halides is 3. The van der Waals surface area contributed by atoms with E-state index in [4.69, 9.17) is 11.5 Å². The third-order valence-corrected chi connectivity index (χ3v) is 2.53. The number of allylic oxidation sites excluding steroid dienone is 1. The molecule has 0 spiro atoms. The maximum atomic E-state index is 12.1. The molecule has 7 nitrogen and oxygen atoms in total. The molecule has 0 unspecified atom stereocenters. The zero-order valence-electron chi connectivity index (χ0n) is 12.9. The minimum absolute atomic E-state index is 0.0883. The van der Waals surface area contributed by atoms with Crippen molar-refractivity contribution in [3.05, 3.63) is 36.5 Å².